The number of nitrogens with zero attached hydrogens (tertiary/aromatic N) is 3. The van der Waals surface area contributed by atoms with E-state index in [1.165, 1.54) is 30.8 Å². The Kier molecular flexibility index (Phi) is 3.38. The fraction of sp³-hybridized carbons (Fsp3) is 0.643. The zero-order valence-corrected chi connectivity index (χ0v) is 11.4. The molecule has 94 valence electrons. The molecule has 1 aromatic rings. The van der Waals surface area contributed by atoms with Crippen molar-refractivity contribution in [2.24, 2.45) is 0 Å². The summed E-state index contributed by atoms with van der Waals surface area (Å²) in [5, 5.41) is 0. The number of hydrogen-bond acceptors (Lipinski definition) is 3. The molecule has 0 unspecified atom stereocenters. The standard InChI is InChI=1S/C11H15N3.C3H8/c1-13-6-11(7-13)8-14(2)10-5-12-4-3-9(10)11;1-3-2/h3-5H,6-8H2,1-2H3;3H2,1-2H3. The van der Waals surface area contributed by atoms with Gasteiger partial charge in [0.05, 0.1) is 11.9 Å². The van der Waals surface area contributed by atoms with Crippen molar-refractivity contribution in [1.29, 1.82) is 0 Å². The van der Waals surface area contributed by atoms with Crippen molar-refractivity contribution in [3.8, 4) is 0 Å². The van der Waals surface area contributed by atoms with Gasteiger partial charge in [0.25, 0.3) is 0 Å². The first-order valence-corrected chi connectivity index (χ1v) is 6.47. The maximum absolute atomic E-state index is 4.19. The highest BCUT2D eigenvalue weighted by Gasteiger charge is 2.48. The molecule has 3 rings (SSSR count). The lowest BCUT2D eigenvalue weighted by Crippen LogP contribution is -2.59. The van der Waals surface area contributed by atoms with Crippen LogP contribution in [0.2, 0.25) is 0 Å². The third-order valence-electron chi connectivity index (χ3n) is 3.47. The van der Waals surface area contributed by atoms with Crippen LogP contribution >= 0.6 is 0 Å². The van der Waals surface area contributed by atoms with E-state index in [0.717, 1.165) is 6.54 Å². The zero-order chi connectivity index (χ0) is 12.5. The fourth-order valence-corrected chi connectivity index (χ4v) is 3.02. The van der Waals surface area contributed by atoms with Crippen LogP contribution in [0.15, 0.2) is 18.5 Å². The minimum atomic E-state index is 0.405. The van der Waals surface area contributed by atoms with Gasteiger partial charge in [0.15, 0.2) is 0 Å². The lowest BCUT2D eigenvalue weighted by molar-refractivity contribution is 0.106. The molecular formula is C14H23N3. The lowest BCUT2D eigenvalue weighted by Gasteiger charge is -2.46. The molecule has 1 aromatic heterocycles. The van der Waals surface area contributed by atoms with Gasteiger partial charge in [-0.05, 0) is 18.7 Å². The first kappa shape index (κ1) is 12.4. The molecule has 17 heavy (non-hydrogen) atoms. The number of likely N-dealkylation sites (tertiary alicyclic amines) is 1. The molecule has 0 atom stereocenters. The molecule has 0 radical (unpaired) electrons. The maximum Gasteiger partial charge on any atom is 0.0590 e. The number of rotatable bonds is 0. The molecule has 2 aliphatic heterocycles. The molecule has 1 fully saturated rings. The molecule has 2 aliphatic rings. The average Bonchev–Trinajstić information content (AvgIpc) is 2.55. The summed E-state index contributed by atoms with van der Waals surface area (Å²) in [6, 6.07) is 2.19. The van der Waals surface area contributed by atoms with Crippen LogP contribution in [0.4, 0.5) is 5.69 Å². The molecular weight excluding hydrogens is 210 g/mol. The van der Waals surface area contributed by atoms with Gasteiger partial charge < -0.3 is 9.80 Å². The molecule has 1 spiro atoms. The maximum atomic E-state index is 4.19. The van der Waals surface area contributed by atoms with Gasteiger partial charge in [-0.25, -0.2) is 0 Å². The van der Waals surface area contributed by atoms with Crippen molar-refractivity contribution in [2.75, 3.05) is 38.6 Å². The van der Waals surface area contributed by atoms with Gasteiger partial charge in [-0.3, -0.25) is 4.98 Å². The predicted molar refractivity (Wildman–Crippen MR) is 72.6 cm³/mol. The summed E-state index contributed by atoms with van der Waals surface area (Å²) in [6.45, 7) is 7.78. The summed E-state index contributed by atoms with van der Waals surface area (Å²) in [5.41, 5.74) is 3.22. The molecule has 3 nitrogen and oxygen atoms in total. The molecule has 0 aromatic carbocycles. The van der Waals surface area contributed by atoms with Crippen LogP contribution in [0.3, 0.4) is 0 Å². The van der Waals surface area contributed by atoms with Crippen molar-refractivity contribution >= 4 is 5.69 Å². The summed E-state index contributed by atoms with van der Waals surface area (Å²) < 4.78 is 0. The van der Waals surface area contributed by atoms with Gasteiger partial charge in [-0.1, -0.05) is 20.3 Å². The number of likely N-dealkylation sites (N-methyl/N-ethyl adjacent to an activating group) is 2. The zero-order valence-electron chi connectivity index (χ0n) is 11.4. The highest BCUT2D eigenvalue weighted by molar-refractivity contribution is 5.62. The van der Waals surface area contributed by atoms with Crippen LogP contribution in [0.1, 0.15) is 25.8 Å². The van der Waals surface area contributed by atoms with Crippen molar-refractivity contribution in [3.63, 3.8) is 0 Å². The van der Waals surface area contributed by atoms with E-state index in [-0.39, 0.29) is 0 Å². The third kappa shape index (κ3) is 2.04. The highest BCUT2D eigenvalue weighted by Crippen LogP contribution is 2.44. The van der Waals surface area contributed by atoms with Gasteiger partial charge >= 0.3 is 0 Å². The van der Waals surface area contributed by atoms with Crippen molar-refractivity contribution in [1.82, 2.24) is 9.88 Å². The summed E-state index contributed by atoms with van der Waals surface area (Å²) in [7, 11) is 4.35. The molecule has 0 bridgehead atoms. The second-order valence-electron chi connectivity index (χ2n) is 5.41. The Hall–Kier alpha value is -1.09. The Morgan fingerprint density at radius 2 is 1.88 bits per heavy atom. The topological polar surface area (TPSA) is 19.4 Å². The van der Waals surface area contributed by atoms with Crippen LogP contribution in [0.5, 0.6) is 0 Å². The van der Waals surface area contributed by atoms with Gasteiger partial charge in [0.2, 0.25) is 0 Å². The second-order valence-corrected chi connectivity index (χ2v) is 5.41. The van der Waals surface area contributed by atoms with E-state index in [9.17, 15) is 0 Å². The summed E-state index contributed by atoms with van der Waals surface area (Å²) in [5.74, 6) is 0. The van der Waals surface area contributed by atoms with Crippen LogP contribution in [-0.4, -0.2) is 43.6 Å². The average molecular weight is 233 g/mol. The van der Waals surface area contributed by atoms with Gasteiger partial charge in [0.1, 0.15) is 0 Å². The molecule has 0 saturated carbocycles. The van der Waals surface area contributed by atoms with Gasteiger partial charge in [-0.15, -0.1) is 0 Å². The number of anilines is 1. The first-order valence-electron chi connectivity index (χ1n) is 6.47. The van der Waals surface area contributed by atoms with Crippen molar-refractivity contribution in [3.05, 3.63) is 24.0 Å². The number of fused-ring (bicyclic) bond motifs is 2. The van der Waals surface area contributed by atoms with Crippen LogP contribution in [0, 0.1) is 0 Å². The third-order valence-corrected chi connectivity index (χ3v) is 3.47. The molecule has 3 heteroatoms. The Morgan fingerprint density at radius 1 is 1.24 bits per heavy atom. The molecule has 0 N–H and O–H groups in total. The van der Waals surface area contributed by atoms with Crippen LogP contribution < -0.4 is 4.90 Å². The first-order chi connectivity index (χ1) is 8.13. The normalized spacial score (nSPS) is 20.6. The summed E-state index contributed by atoms with van der Waals surface area (Å²) in [6.07, 6.45) is 5.15. The SMILES string of the molecule is CCC.CN1CC2(C1)CN(C)c1cnccc12. The van der Waals surface area contributed by atoms with E-state index in [1.807, 2.05) is 12.4 Å². The predicted octanol–water partition coefficient (Wildman–Crippen LogP) is 2.13. The quantitative estimate of drug-likeness (QED) is 0.684. The lowest BCUT2D eigenvalue weighted by atomic mass is 9.76. The van der Waals surface area contributed by atoms with E-state index in [1.54, 1.807) is 0 Å². The van der Waals surface area contributed by atoms with E-state index in [2.05, 4.69) is 48.8 Å². The Labute approximate surface area is 104 Å². The molecule has 0 amide bonds. The molecule has 3 heterocycles. The van der Waals surface area contributed by atoms with Crippen LogP contribution in [-0.2, 0) is 5.41 Å². The highest BCUT2D eigenvalue weighted by atomic mass is 15.2. The van der Waals surface area contributed by atoms with E-state index < -0.39 is 0 Å². The van der Waals surface area contributed by atoms with E-state index in [0.29, 0.717) is 5.41 Å². The molecule has 0 aliphatic carbocycles. The van der Waals surface area contributed by atoms with Crippen LogP contribution in [0.25, 0.3) is 0 Å². The number of hydrogen-bond donors (Lipinski definition) is 0. The summed E-state index contributed by atoms with van der Waals surface area (Å²) >= 11 is 0. The fourth-order valence-electron chi connectivity index (χ4n) is 3.02. The van der Waals surface area contributed by atoms with Crippen molar-refractivity contribution in [2.45, 2.75) is 25.7 Å². The van der Waals surface area contributed by atoms with E-state index in [4.69, 9.17) is 0 Å². The Morgan fingerprint density at radius 3 is 2.47 bits per heavy atom. The number of aromatic nitrogens is 1. The molecule has 1 saturated heterocycles. The smallest absolute Gasteiger partial charge is 0.0590 e. The minimum absolute atomic E-state index is 0.405. The monoisotopic (exact) mass is 233 g/mol. The second kappa shape index (κ2) is 4.65. The van der Waals surface area contributed by atoms with E-state index >= 15 is 0 Å². The van der Waals surface area contributed by atoms with Crippen molar-refractivity contribution < 1.29 is 0 Å². The minimum Gasteiger partial charge on any atom is -0.372 e. The van der Waals surface area contributed by atoms with Gasteiger partial charge in [-0.2, -0.15) is 0 Å². The largest absolute Gasteiger partial charge is 0.372 e. The van der Waals surface area contributed by atoms with Gasteiger partial charge in [0, 0.05) is 38.3 Å². The Balaban J connectivity index is 0.000000329. The summed E-state index contributed by atoms with van der Waals surface area (Å²) in [4.78, 5) is 8.90. The number of pyridine rings is 1. The Bertz CT molecular complexity index is 383.